The molecule has 0 aliphatic carbocycles. The first-order valence-corrected chi connectivity index (χ1v) is 6.61. The van der Waals surface area contributed by atoms with Gasteiger partial charge in [0.15, 0.2) is 5.78 Å². The molecule has 0 spiro atoms. The van der Waals surface area contributed by atoms with Gasteiger partial charge in [0.1, 0.15) is 17.7 Å². The van der Waals surface area contributed by atoms with E-state index in [1.165, 1.54) is 23.8 Å². The lowest BCUT2D eigenvalue weighted by Crippen LogP contribution is -2.21. The topological polar surface area (TPSA) is 26.3 Å². The number of aryl methyl sites for hydroxylation is 2. The van der Waals surface area contributed by atoms with Gasteiger partial charge in [-0.1, -0.05) is 23.8 Å². The predicted molar refractivity (Wildman–Crippen MR) is 74.6 cm³/mol. The molecule has 3 heteroatoms. The fourth-order valence-corrected chi connectivity index (χ4v) is 2.66. The number of fused-ring (bicyclic) bond motifs is 1. The van der Waals surface area contributed by atoms with Crippen molar-refractivity contribution in [1.29, 1.82) is 0 Å². The summed E-state index contributed by atoms with van der Waals surface area (Å²) in [6, 6.07) is 10.1. The third-order valence-corrected chi connectivity index (χ3v) is 3.66. The summed E-state index contributed by atoms with van der Waals surface area (Å²) >= 11 is 0. The molecule has 2 nitrogen and oxygen atoms in total. The first-order chi connectivity index (χ1) is 9.54. The molecule has 0 radical (unpaired) electrons. The number of carbonyl (C=O) groups is 1. The Balaban J connectivity index is 2.00. The van der Waals surface area contributed by atoms with Crippen molar-refractivity contribution in [2.45, 2.75) is 26.4 Å². The monoisotopic (exact) mass is 270 g/mol. The highest BCUT2D eigenvalue weighted by molar-refractivity contribution is 6.00. The number of Topliss-reactive ketones (excluding diaryl/α,β-unsaturated/α-hetero) is 1. The summed E-state index contributed by atoms with van der Waals surface area (Å²) in [4.78, 5) is 12.2. The van der Waals surface area contributed by atoms with Gasteiger partial charge < -0.3 is 4.74 Å². The Hall–Kier alpha value is -2.16. The molecule has 1 heterocycles. The van der Waals surface area contributed by atoms with Crippen LogP contribution in [0.5, 0.6) is 5.75 Å². The van der Waals surface area contributed by atoms with Crippen molar-refractivity contribution in [2.24, 2.45) is 0 Å². The number of ketones is 1. The van der Waals surface area contributed by atoms with Gasteiger partial charge in [0.2, 0.25) is 0 Å². The molecule has 0 bridgehead atoms. The summed E-state index contributed by atoms with van der Waals surface area (Å²) in [6.45, 7) is 4.02. The Morgan fingerprint density at radius 2 is 1.95 bits per heavy atom. The molecular weight excluding hydrogens is 255 g/mol. The van der Waals surface area contributed by atoms with Crippen LogP contribution in [-0.4, -0.2) is 5.78 Å². The zero-order chi connectivity index (χ0) is 14.3. The first kappa shape index (κ1) is 12.9. The molecule has 1 atom stereocenters. The summed E-state index contributed by atoms with van der Waals surface area (Å²) in [5.74, 6) is -0.0553. The summed E-state index contributed by atoms with van der Waals surface area (Å²) in [6.07, 6.45) is -0.0416. The van der Waals surface area contributed by atoms with Crippen LogP contribution in [0.25, 0.3) is 0 Å². The van der Waals surface area contributed by atoms with E-state index in [4.69, 9.17) is 4.74 Å². The van der Waals surface area contributed by atoms with Crippen LogP contribution < -0.4 is 4.74 Å². The minimum absolute atomic E-state index is 0.00350. The molecule has 0 amide bonds. The van der Waals surface area contributed by atoms with Crippen LogP contribution in [0, 0.1) is 19.7 Å². The average molecular weight is 270 g/mol. The second-order valence-corrected chi connectivity index (χ2v) is 5.23. The van der Waals surface area contributed by atoms with Crippen molar-refractivity contribution in [3.05, 3.63) is 64.5 Å². The molecule has 0 N–H and O–H groups in total. The van der Waals surface area contributed by atoms with E-state index in [0.29, 0.717) is 17.7 Å². The van der Waals surface area contributed by atoms with E-state index in [9.17, 15) is 9.18 Å². The standard InChI is InChI=1S/C17H15FO2/c1-10-3-5-13(11(2)7-10)17-9-15(19)14-6-4-12(18)8-16(14)20-17/h3-8,17H,9H2,1-2H3. The summed E-state index contributed by atoms with van der Waals surface area (Å²) in [5, 5.41) is 0. The van der Waals surface area contributed by atoms with Gasteiger partial charge in [-0.3, -0.25) is 4.79 Å². The second-order valence-electron chi connectivity index (χ2n) is 5.23. The van der Waals surface area contributed by atoms with Gasteiger partial charge in [0.05, 0.1) is 12.0 Å². The Bertz CT molecular complexity index is 691. The van der Waals surface area contributed by atoms with E-state index in [2.05, 4.69) is 6.07 Å². The molecule has 0 saturated heterocycles. The number of hydrogen-bond donors (Lipinski definition) is 0. The minimum Gasteiger partial charge on any atom is -0.484 e. The molecule has 1 aliphatic rings. The Morgan fingerprint density at radius 3 is 2.70 bits per heavy atom. The van der Waals surface area contributed by atoms with E-state index in [1.807, 2.05) is 26.0 Å². The van der Waals surface area contributed by atoms with Gasteiger partial charge in [0.25, 0.3) is 0 Å². The number of hydrogen-bond acceptors (Lipinski definition) is 2. The van der Waals surface area contributed by atoms with Crippen molar-refractivity contribution in [3.8, 4) is 5.75 Å². The van der Waals surface area contributed by atoms with E-state index < -0.39 is 5.82 Å². The Labute approximate surface area is 117 Å². The fraction of sp³-hybridized carbons (Fsp3) is 0.235. The van der Waals surface area contributed by atoms with Crippen molar-refractivity contribution in [1.82, 2.24) is 0 Å². The lowest BCUT2D eigenvalue weighted by atomic mass is 9.93. The van der Waals surface area contributed by atoms with Gasteiger partial charge in [-0.2, -0.15) is 0 Å². The van der Waals surface area contributed by atoms with E-state index in [0.717, 1.165) is 11.1 Å². The highest BCUT2D eigenvalue weighted by atomic mass is 19.1. The van der Waals surface area contributed by atoms with Gasteiger partial charge in [0, 0.05) is 6.07 Å². The zero-order valence-corrected chi connectivity index (χ0v) is 11.4. The first-order valence-electron chi connectivity index (χ1n) is 6.61. The maximum atomic E-state index is 13.3. The second kappa shape index (κ2) is 4.75. The van der Waals surface area contributed by atoms with Crippen molar-refractivity contribution < 1.29 is 13.9 Å². The van der Waals surface area contributed by atoms with E-state index >= 15 is 0 Å². The normalized spacial score (nSPS) is 17.6. The summed E-state index contributed by atoms with van der Waals surface area (Å²) < 4.78 is 19.1. The summed E-state index contributed by atoms with van der Waals surface area (Å²) in [5.41, 5.74) is 3.70. The Kier molecular flexibility index (Phi) is 3.05. The van der Waals surface area contributed by atoms with Crippen LogP contribution in [0.1, 0.15) is 39.6 Å². The highest BCUT2D eigenvalue weighted by Crippen LogP contribution is 2.36. The molecule has 2 aromatic rings. The van der Waals surface area contributed by atoms with Crippen LogP contribution in [0.15, 0.2) is 36.4 Å². The molecule has 0 aromatic heterocycles. The largest absolute Gasteiger partial charge is 0.484 e. The minimum atomic E-state index is -0.391. The quantitative estimate of drug-likeness (QED) is 0.778. The van der Waals surface area contributed by atoms with Gasteiger partial charge in [-0.15, -0.1) is 0 Å². The van der Waals surface area contributed by atoms with Gasteiger partial charge in [-0.05, 0) is 37.1 Å². The maximum Gasteiger partial charge on any atom is 0.170 e. The SMILES string of the molecule is Cc1ccc(C2CC(=O)c3ccc(F)cc3O2)c(C)c1. The Morgan fingerprint density at radius 1 is 1.15 bits per heavy atom. The number of ether oxygens (including phenoxy) is 1. The van der Waals surface area contributed by atoms with Gasteiger partial charge >= 0.3 is 0 Å². The predicted octanol–water partition coefficient (Wildman–Crippen LogP) is 4.15. The summed E-state index contributed by atoms with van der Waals surface area (Å²) in [7, 11) is 0. The molecule has 2 aromatic carbocycles. The third kappa shape index (κ3) is 2.20. The van der Waals surface area contributed by atoms with Crippen LogP contribution in [0.3, 0.4) is 0 Å². The molecule has 1 aliphatic heterocycles. The number of rotatable bonds is 1. The van der Waals surface area contributed by atoms with Crippen LogP contribution >= 0.6 is 0 Å². The molecular formula is C17H15FO2. The molecule has 20 heavy (non-hydrogen) atoms. The van der Waals surface area contributed by atoms with Crippen molar-refractivity contribution in [2.75, 3.05) is 0 Å². The third-order valence-electron chi connectivity index (χ3n) is 3.66. The zero-order valence-electron chi connectivity index (χ0n) is 11.4. The van der Waals surface area contributed by atoms with E-state index in [-0.39, 0.29) is 11.9 Å². The van der Waals surface area contributed by atoms with Crippen molar-refractivity contribution >= 4 is 5.78 Å². The molecule has 0 saturated carbocycles. The van der Waals surface area contributed by atoms with Crippen LogP contribution in [0.2, 0.25) is 0 Å². The lowest BCUT2D eigenvalue weighted by molar-refractivity contribution is 0.0848. The maximum absolute atomic E-state index is 13.3. The average Bonchev–Trinajstić information content (AvgIpc) is 2.37. The number of benzene rings is 2. The van der Waals surface area contributed by atoms with E-state index in [1.54, 1.807) is 0 Å². The molecule has 102 valence electrons. The van der Waals surface area contributed by atoms with Crippen LogP contribution in [-0.2, 0) is 0 Å². The fourth-order valence-electron chi connectivity index (χ4n) is 2.66. The van der Waals surface area contributed by atoms with Crippen molar-refractivity contribution in [3.63, 3.8) is 0 Å². The highest BCUT2D eigenvalue weighted by Gasteiger charge is 2.28. The van der Waals surface area contributed by atoms with Gasteiger partial charge in [-0.25, -0.2) is 4.39 Å². The number of halogens is 1. The molecule has 3 rings (SSSR count). The molecule has 1 unspecified atom stereocenters. The van der Waals surface area contributed by atoms with Crippen LogP contribution in [0.4, 0.5) is 4.39 Å². The lowest BCUT2D eigenvalue weighted by Gasteiger charge is -2.26. The number of carbonyl (C=O) groups excluding carboxylic acids is 1. The molecule has 0 fully saturated rings. The smallest absolute Gasteiger partial charge is 0.170 e.